The van der Waals surface area contributed by atoms with Gasteiger partial charge in [-0.2, -0.15) is 0 Å². The van der Waals surface area contributed by atoms with Crippen LogP contribution in [0.5, 0.6) is 0 Å². The molecule has 0 aliphatic carbocycles. The standard InChI is InChI=1S/C15H21ClN2O2/c1-11(12-5-4-6-13(16)7-12)18(3)14(19)8-20-15(2)9-17-10-15/h4-7,11,17H,8-10H2,1-3H3. The van der Waals surface area contributed by atoms with Gasteiger partial charge < -0.3 is 15.0 Å². The van der Waals surface area contributed by atoms with Crippen molar-refractivity contribution < 1.29 is 9.53 Å². The molecule has 110 valence electrons. The number of nitrogens with zero attached hydrogens (tertiary/aromatic N) is 1. The number of carbonyl (C=O) groups is 1. The molecule has 1 aliphatic heterocycles. The zero-order chi connectivity index (χ0) is 14.8. The maximum atomic E-state index is 12.2. The van der Waals surface area contributed by atoms with E-state index in [0.717, 1.165) is 18.7 Å². The maximum Gasteiger partial charge on any atom is 0.248 e. The number of benzene rings is 1. The van der Waals surface area contributed by atoms with Gasteiger partial charge in [0.25, 0.3) is 0 Å². The SMILES string of the molecule is CC(c1cccc(Cl)c1)N(C)C(=O)COC1(C)CNC1. The molecule has 2 rings (SSSR count). The van der Waals surface area contributed by atoms with Gasteiger partial charge in [0.15, 0.2) is 0 Å². The van der Waals surface area contributed by atoms with Gasteiger partial charge in [0.1, 0.15) is 6.61 Å². The number of amides is 1. The predicted octanol–water partition coefficient (Wildman–Crippen LogP) is 2.24. The van der Waals surface area contributed by atoms with E-state index in [4.69, 9.17) is 16.3 Å². The lowest BCUT2D eigenvalue weighted by Crippen LogP contribution is -2.59. The Bertz CT molecular complexity index is 489. The van der Waals surface area contributed by atoms with Crippen LogP contribution in [0.2, 0.25) is 5.02 Å². The molecule has 1 heterocycles. The van der Waals surface area contributed by atoms with E-state index < -0.39 is 0 Å². The number of carbonyl (C=O) groups excluding carboxylic acids is 1. The monoisotopic (exact) mass is 296 g/mol. The zero-order valence-corrected chi connectivity index (χ0v) is 12.9. The minimum Gasteiger partial charge on any atom is -0.363 e. The number of halogens is 1. The highest BCUT2D eigenvalue weighted by Crippen LogP contribution is 2.22. The maximum absolute atomic E-state index is 12.2. The zero-order valence-electron chi connectivity index (χ0n) is 12.1. The first-order valence-electron chi connectivity index (χ1n) is 6.77. The van der Waals surface area contributed by atoms with Crippen LogP contribution >= 0.6 is 11.6 Å². The summed E-state index contributed by atoms with van der Waals surface area (Å²) in [6.45, 7) is 5.70. The molecule has 0 bridgehead atoms. The molecular weight excluding hydrogens is 276 g/mol. The second-order valence-electron chi connectivity index (χ2n) is 5.58. The molecule has 1 atom stereocenters. The molecule has 1 fully saturated rings. The summed E-state index contributed by atoms with van der Waals surface area (Å²) in [7, 11) is 1.79. The highest BCUT2D eigenvalue weighted by Gasteiger charge is 2.33. The smallest absolute Gasteiger partial charge is 0.248 e. The van der Waals surface area contributed by atoms with E-state index in [0.29, 0.717) is 5.02 Å². The average Bonchev–Trinajstić information content (AvgIpc) is 2.41. The molecule has 1 amide bonds. The van der Waals surface area contributed by atoms with Gasteiger partial charge in [0.2, 0.25) is 5.91 Å². The molecule has 0 spiro atoms. The van der Waals surface area contributed by atoms with Gasteiger partial charge in [-0.3, -0.25) is 4.79 Å². The van der Waals surface area contributed by atoms with Gasteiger partial charge in [0.05, 0.1) is 11.6 Å². The molecule has 1 aliphatic rings. The van der Waals surface area contributed by atoms with Crippen molar-refractivity contribution in [3.63, 3.8) is 0 Å². The van der Waals surface area contributed by atoms with Crippen molar-refractivity contribution in [2.75, 3.05) is 26.7 Å². The normalized spacial score (nSPS) is 18.2. The molecule has 1 saturated heterocycles. The summed E-state index contributed by atoms with van der Waals surface area (Å²) in [6.07, 6.45) is 0. The number of nitrogens with one attached hydrogen (secondary N) is 1. The van der Waals surface area contributed by atoms with Crippen LogP contribution in [0.25, 0.3) is 0 Å². The number of ether oxygens (including phenoxy) is 1. The number of hydrogen-bond acceptors (Lipinski definition) is 3. The fourth-order valence-corrected chi connectivity index (χ4v) is 2.32. The van der Waals surface area contributed by atoms with E-state index in [-0.39, 0.29) is 24.2 Å². The largest absolute Gasteiger partial charge is 0.363 e. The van der Waals surface area contributed by atoms with Gasteiger partial charge in [-0.15, -0.1) is 0 Å². The molecular formula is C15H21ClN2O2. The van der Waals surface area contributed by atoms with E-state index in [9.17, 15) is 4.79 Å². The molecule has 1 N–H and O–H groups in total. The van der Waals surface area contributed by atoms with E-state index in [1.807, 2.05) is 38.1 Å². The van der Waals surface area contributed by atoms with Crippen LogP contribution in [0.15, 0.2) is 24.3 Å². The Hall–Kier alpha value is -1.10. The van der Waals surface area contributed by atoms with Gasteiger partial charge in [-0.25, -0.2) is 0 Å². The molecule has 5 heteroatoms. The second kappa shape index (κ2) is 6.12. The lowest BCUT2D eigenvalue weighted by atomic mass is 10.0. The van der Waals surface area contributed by atoms with Crippen LogP contribution < -0.4 is 5.32 Å². The fraction of sp³-hybridized carbons (Fsp3) is 0.533. The molecule has 0 saturated carbocycles. The van der Waals surface area contributed by atoms with Gasteiger partial charge in [0, 0.05) is 25.2 Å². The Morgan fingerprint density at radius 3 is 2.80 bits per heavy atom. The third-order valence-corrected chi connectivity index (χ3v) is 4.08. The molecule has 1 aromatic carbocycles. The molecule has 0 radical (unpaired) electrons. The van der Waals surface area contributed by atoms with E-state index in [1.165, 1.54) is 0 Å². The first-order chi connectivity index (χ1) is 9.41. The lowest BCUT2D eigenvalue weighted by molar-refractivity contribution is -0.146. The number of hydrogen-bond donors (Lipinski definition) is 1. The fourth-order valence-electron chi connectivity index (χ4n) is 2.12. The van der Waals surface area contributed by atoms with E-state index >= 15 is 0 Å². The third kappa shape index (κ3) is 3.51. The molecule has 4 nitrogen and oxygen atoms in total. The highest BCUT2D eigenvalue weighted by molar-refractivity contribution is 6.30. The van der Waals surface area contributed by atoms with Gasteiger partial charge in [-0.05, 0) is 31.5 Å². The molecule has 1 unspecified atom stereocenters. The van der Waals surface area contributed by atoms with Crippen molar-refractivity contribution in [1.29, 1.82) is 0 Å². The van der Waals surface area contributed by atoms with E-state index in [1.54, 1.807) is 11.9 Å². The summed E-state index contributed by atoms with van der Waals surface area (Å²) in [5.74, 6) is -0.0226. The Kier molecular flexibility index (Phi) is 4.68. The average molecular weight is 297 g/mol. The highest BCUT2D eigenvalue weighted by atomic mass is 35.5. The summed E-state index contributed by atoms with van der Waals surface area (Å²) in [6, 6.07) is 7.54. The summed E-state index contributed by atoms with van der Waals surface area (Å²) in [5.41, 5.74) is 0.820. The molecule has 1 aromatic rings. The van der Waals surface area contributed by atoms with Crippen molar-refractivity contribution in [1.82, 2.24) is 10.2 Å². The first kappa shape index (κ1) is 15.3. The van der Waals surface area contributed by atoms with Crippen molar-refractivity contribution in [3.05, 3.63) is 34.9 Å². The van der Waals surface area contributed by atoms with Crippen LogP contribution in [0, 0.1) is 0 Å². The Morgan fingerprint density at radius 1 is 1.55 bits per heavy atom. The number of rotatable bonds is 5. The summed E-state index contributed by atoms with van der Waals surface area (Å²) in [5, 5.41) is 3.83. The lowest BCUT2D eigenvalue weighted by Gasteiger charge is -2.39. The van der Waals surface area contributed by atoms with Crippen LogP contribution in [0.1, 0.15) is 25.5 Å². The van der Waals surface area contributed by atoms with Gasteiger partial charge in [-0.1, -0.05) is 23.7 Å². The third-order valence-electron chi connectivity index (χ3n) is 3.85. The predicted molar refractivity (Wildman–Crippen MR) is 79.9 cm³/mol. The first-order valence-corrected chi connectivity index (χ1v) is 7.15. The molecule has 20 heavy (non-hydrogen) atoms. The Morgan fingerprint density at radius 2 is 2.25 bits per heavy atom. The van der Waals surface area contributed by atoms with Crippen molar-refractivity contribution in [3.8, 4) is 0 Å². The van der Waals surface area contributed by atoms with Crippen molar-refractivity contribution >= 4 is 17.5 Å². The van der Waals surface area contributed by atoms with Crippen LogP contribution in [0.3, 0.4) is 0 Å². The van der Waals surface area contributed by atoms with Crippen molar-refractivity contribution in [2.24, 2.45) is 0 Å². The van der Waals surface area contributed by atoms with Crippen LogP contribution in [-0.4, -0.2) is 43.2 Å². The number of likely N-dealkylation sites (N-methyl/N-ethyl adjacent to an activating group) is 1. The van der Waals surface area contributed by atoms with Crippen molar-refractivity contribution in [2.45, 2.75) is 25.5 Å². The minimum atomic E-state index is -0.199. The summed E-state index contributed by atoms with van der Waals surface area (Å²) in [4.78, 5) is 13.9. The molecule has 0 aromatic heterocycles. The summed E-state index contributed by atoms with van der Waals surface area (Å²) < 4.78 is 5.68. The summed E-state index contributed by atoms with van der Waals surface area (Å²) >= 11 is 5.99. The van der Waals surface area contributed by atoms with Crippen LogP contribution in [-0.2, 0) is 9.53 Å². The van der Waals surface area contributed by atoms with E-state index in [2.05, 4.69) is 5.32 Å². The minimum absolute atomic E-state index is 0.0226. The quantitative estimate of drug-likeness (QED) is 0.906. The Balaban J connectivity index is 1.92. The topological polar surface area (TPSA) is 41.6 Å². The van der Waals surface area contributed by atoms with Gasteiger partial charge >= 0.3 is 0 Å². The van der Waals surface area contributed by atoms with Crippen LogP contribution in [0.4, 0.5) is 0 Å². The second-order valence-corrected chi connectivity index (χ2v) is 6.01. The Labute approximate surface area is 125 Å².